The molecule has 1 unspecified atom stereocenters. The molecule has 2 nitrogen and oxygen atoms in total. The zero-order valence-electron chi connectivity index (χ0n) is 8.35. The summed E-state index contributed by atoms with van der Waals surface area (Å²) < 4.78 is 5.68. The summed E-state index contributed by atoms with van der Waals surface area (Å²) in [6, 6.07) is 0.173. The fourth-order valence-electron chi connectivity index (χ4n) is 0.546. The van der Waals surface area contributed by atoms with Crippen molar-refractivity contribution in [3.8, 4) is 0 Å². The van der Waals surface area contributed by atoms with Gasteiger partial charge < -0.3 is 10.2 Å². The van der Waals surface area contributed by atoms with Crippen molar-refractivity contribution in [3.05, 3.63) is 0 Å². The molecule has 0 aromatic carbocycles. The summed E-state index contributed by atoms with van der Waals surface area (Å²) in [7, 11) is -1.03. The van der Waals surface area contributed by atoms with E-state index < -0.39 is 9.04 Å². The van der Waals surface area contributed by atoms with Crippen LogP contribution in [0.25, 0.3) is 0 Å². The van der Waals surface area contributed by atoms with E-state index in [1.54, 1.807) is 0 Å². The third kappa shape index (κ3) is 5.41. The second kappa shape index (κ2) is 4.23. The minimum atomic E-state index is -1.03. The van der Waals surface area contributed by atoms with Crippen molar-refractivity contribution in [3.63, 3.8) is 0 Å². The average molecular weight is 175 g/mol. The molecule has 0 aromatic heterocycles. The van der Waals surface area contributed by atoms with E-state index >= 15 is 0 Å². The maximum atomic E-state index is 5.68. The van der Waals surface area contributed by atoms with Crippen LogP contribution in [0.5, 0.6) is 0 Å². The van der Waals surface area contributed by atoms with Crippen LogP contribution in [0.4, 0.5) is 0 Å². The van der Waals surface area contributed by atoms with Crippen LogP contribution in [0.1, 0.15) is 27.7 Å². The Morgan fingerprint density at radius 1 is 1.45 bits per heavy atom. The minimum Gasteiger partial charge on any atom is -0.418 e. The molecule has 0 heterocycles. The van der Waals surface area contributed by atoms with Gasteiger partial charge >= 0.3 is 0 Å². The molecule has 0 aliphatic carbocycles. The number of hydrogen-bond acceptors (Lipinski definition) is 2. The molecule has 3 heteroatoms. The summed E-state index contributed by atoms with van der Waals surface area (Å²) in [6.45, 7) is 11.6. The van der Waals surface area contributed by atoms with Crippen LogP contribution < -0.4 is 5.73 Å². The van der Waals surface area contributed by atoms with Crippen molar-refractivity contribution >= 4 is 9.04 Å². The second-order valence-electron chi connectivity index (χ2n) is 4.32. The van der Waals surface area contributed by atoms with Gasteiger partial charge in [-0.2, -0.15) is 0 Å². The van der Waals surface area contributed by atoms with E-state index in [2.05, 4.69) is 27.3 Å². The number of hydrogen-bond donors (Lipinski definition) is 1. The predicted octanol–water partition coefficient (Wildman–Crippen LogP) is 1.50. The van der Waals surface area contributed by atoms with Crippen LogP contribution in [0, 0.1) is 0 Å². The van der Waals surface area contributed by atoms with Crippen molar-refractivity contribution in [2.45, 2.75) is 45.3 Å². The molecular weight excluding hydrogens is 154 g/mol. The van der Waals surface area contributed by atoms with Gasteiger partial charge in [-0.25, -0.2) is 0 Å². The molecule has 11 heavy (non-hydrogen) atoms. The molecule has 0 saturated heterocycles. The van der Waals surface area contributed by atoms with Crippen LogP contribution in [0.2, 0.25) is 11.6 Å². The highest BCUT2D eigenvalue weighted by Gasteiger charge is 2.22. The third-order valence-corrected chi connectivity index (χ3v) is 4.96. The van der Waals surface area contributed by atoms with E-state index in [0.717, 1.165) is 0 Å². The van der Waals surface area contributed by atoms with E-state index in [-0.39, 0.29) is 6.04 Å². The van der Waals surface area contributed by atoms with Gasteiger partial charge in [-0.05, 0) is 18.5 Å². The zero-order valence-corrected chi connectivity index (χ0v) is 9.50. The lowest BCUT2D eigenvalue weighted by Gasteiger charge is -2.26. The molecule has 68 valence electrons. The molecule has 0 aromatic rings. The highest BCUT2D eigenvalue weighted by molar-refractivity contribution is 6.53. The Kier molecular flexibility index (Phi) is 4.29. The molecule has 0 fully saturated rings. The molecule has 2 N–H and O–H groups in total. The molecular formula is C8H21NOSi. The van der Waals surface area contributed by atoms with Gasteiger partial charge in [-0.1, -0.05) is 20.8 Å². The SMILES string of the molecule is C[C@H](N)CO[SiH](C)C(C)(C)C. The summed E-state index contributed by atoms with van der Waals surface area (Å²) >= 11 is 0. The molecule has 0 bridgehead atoms. The fraction of sp³-hybridized carbons (Fsp3) is 1.00. The third-order valence-electron chi connectivity index (χ3n) is 1.83. The standard InChI is InChI=1S/C8H21NOSi/c1-7(9)6-10-11(5)8(2,3)4/h7,11H,6,9H2,1-5H3/t7-,11?/m0/s1. The Bertz CT molecular complexity index is 109. The van der Waals surface area contributed by atoms with E-state index in [4.69, 9.17) is 10.2 Å². The predicted molar refractivity (Wildman–Crippen MR) is 52.3 cm³/mol. The summed E-state index contributed by atoms with van der Waals surface area (Å²) in [5, 5.41) is 0.356. The van der Waals surface area contributed by atoms with Gasteiger partial charge in [0.2, 0.25) is 0 Å². The molecule has 0 spiro atoms. The summed E-state index contributed by atoms with van der Waals surface area (Å²) in [4.78, 5) is 0. The topological polar surface area (TPSA) is 35.2 Å². The average Bonchev–Trinajstić information content (AvgIpc) is 1.80. The van der Waals surface area contributed by atoms with Crippen LogP contribution in [-0.2, 0) is 4.43 Å². The monoisotopic (exact) mass is 175 g/mol. The normalized spacial score (nSPS) is 18.0. The molecule has 0 aliphatic heterocycles. The van der Waals surface area contributed by atoms with Gasteiger partial charge in [-0.3, -0.25) is 0 Å². The number of nitrogens with two attached hydrogens (primary N) is 1. The van der Waals surface area contributed by atoms with Gasteiger partial charge in [0.25, 0.3) is 0 Å². The van der Waals surface area contributed by atoms with Crippen molar-refractivity contribution < 1.29 is 4.43 Å². The first-order valence-corrected chi connectivity index (χ1v) is 6.41. The summed E-state index contributed by atoms with van der Waals surface area (Å²) in [5.74, 6) is 0. The lowest BCUT2D eigenvalue weighted by molar-refractivity contribution is 0.285. The van der Waals surface area contributed by atoms with Gasteiger partial charge in [0, 0.05) is 12.6 Å². The fourth-order valence-corrected chi connectivity index (χ4v) is 1.64. The lowest BCUT2D eigenvalue weighted by Crippen LogP contribution is -2.31. The Balaban J connectivity index is 3.61. The van der Waals surface area contributed by atoms with Gasteiger partial charge in [-0.15, -0.1) is 0 Å². The van der Waals surface area contributed by atoms with Crippen LogP contribution >= 0.6 is 0 Å². The second-order valence-corrected chi connectivity index (χ2v) is 7.67. The van der Waals surface area contributed by atoms with Crippen molar-refractivity contribution in [2.75, 3.05) is 6.61 Å². The Morgan fingerprint density at radius 3 is 2.18 bits per heavy atom. The largest absolute Gasteiger partial charge is 0.418 e. The van der Waals surface area contributed by atoms with Crippen molar-refractivity contribution in [1.82, 2.24) is 0 Å². The Labute approximate surface area is 71.8 Å². The first-order valence-electron chi connectivity index (χ1n) is 4.21. The van der Waals surface area contributed by atoms with Crippen LogP contribution in [0.3, 0.4) is 0 Å². The summed E-state index contributed by atoms with van der Waals surface area (Å²) in [5.41, 5.74) is 5.58. The molecule has 0 radical (unpaired) electrons. The van der Waals surface area contributed by atoms with Gasteiger partial charge in [0.1, 0.15) is 0 Å². The van der Waals surface area contributed by atoms with Crippen LogP contribution in [-0.4, -0.2) is 21.7 Å². The molecule has 0 rings (SSSR count). The first kappa shape index (κ1) is 11.1. The smallest absolute Gasteiger partial charge is 0.179 e. The maximum Gasteiger partial charge on any atom is 0.179 e. The first-order chi connectivity index (χ1) is 4.84. The highest BCUT2D eigenvalue weighted by atomic mass is 28.3. The van der Waals surface area contributed by atoms with Crippen molar-refractivity contribution in [2.24, 2.45) is 5.73 Å². The van der Waals surface area contributed by atoms with Crippen LogP contribution in [0.15, 0.2) is 0 Å². The molecule has 0 aliphatic rings. The maximum absolute atomic E-state index is 5.68. The lowest BCUT2D eigenvalue weighted by atomic mass is 10.3. The molecule has 0 saturated carbocycles. The minimum absolute atomic E-state index is 0.173. The molecule has 2 atom stereocenters. The highest BCUT2D eigenvalue weighted by Crippen LogP contribution is 2.26. The van der Waals surface area contributed by atoms with Crippen molar-refractivity contribution in [1.29, 1.82) is 0 Å². The van der Waals surface area contributed by atoms with Gasteiger partial charge in [0.05, 0.1) is 0 Å². The Morgan fingerprint density at radius 2 is 1.91 bits per heavy atom. The quantitative estimate of drug-likeness (QED) is 0.660. The number of rotatable bonds is 3. The van der Waals surface area contributed by atoms with E-state index in [9.17, 15) is 0 Å². The van der Waals surface area contributed by atoms with Gasteiger partial charge in [0.15, 0.2) is 9.04 Å². The molecule has 0 amide bonds. The zero-order chi connectivity index (χ0) is 9.07. The van der Waals surface area contributed by atoms with E-state index in [0.29, 0.717) is 11.6 Å². The Hall–Kier alpha value is 0.137. The van der Waals surface area contributed by atoms with E-state index in [1.807, 2.05) is 6.92 Å². The van der Waals surface area contributed by atoms with E-state index in [1.165, 1.54) is 0 Å². The summed E-state index contributed by atoms with van der Waals surface area (Å²) in [6.07, 6.45) is 0.